The third kappa shape index (κ3) is 5.16. The topological polar surface area (TPSA) is 166 Å². The van der Waals surface area contributed by atoms with Crippen molar-refractivity contribution in [3.05, 3.63) is 90.8 Å². The van der Waals surface area contributed by atoms with Crippen LogP contribution >= 0.6 is 0 Å². The van der Waals surface area contributed by atoms with Crippen molar-refractivity contribution in [1.82, 2.24) is 39.5 Å². The molecule has 15 heteroatoms. The number of aromatic nitrogens is 7. The van der Waals surface area contributed by atoms with Gasteiger partial charge in [-0.25, -0.2) is 8.78 Å². The van der Waals surface area contributed by atoms with Crippen molar-refractivity contribution in [2.45, 2.75) is 25.2 Å². The lowest BCUT2D eigenvalue weighted by Gasteiger charge is -2.24. The number of hydrogen-bond donors (Lipinski definition) is 2. The number of nitrogens with one attached hydrogen (secondary N) is 1. The molecule has 0 bridgehead atoms. The van der Waals surface area contributed by atoms with Gasteiger partial charge in [-0.2, -0.15) is 15.3 Å². The normalized spacial score (nSPS) is 16.3. The van der Waals surface area contributed by atoms with Gasteiger partial charge in [0.1, 0.15) is 24.6 Å². The molecule has 2 unspecified atom stereocenters. The van der Waals surface area contributed by atoms with Crippen LogP contribution in [-0.2, 0) is 16.1 Å². The van der Waals surface area contributed by atoms with E-state index in [9.17, 15) is 23.2 Å². The number of rotatable bonds is 7. The molecule has 0 saturated carbocycles. The lowest BCUT2D eigenvalue weighted by atomic mass is 10.0. The molecule has 0 aliphatic carbocycles. The van der Waals surface area contributed by atoms with Gasteiger partial charge in [-0.05, 0) is 54.1 Å². The molecule has 1 saturated heterocycles. The van der Waals surface area contributed by atoms with E-state index in [2.05, 4.69) is 30.8 Å². The fraction of sp³-hybridized carbons (Fsp3) is 0.161. The molecular weight excluding hydrogens is 598 g/mol. The molecule has 0 spiro atoms. The Morgan fingerprint density at radius 3 is 2.63 bits per heavy atom. The van der Waals surface area contributed by atoms with Crippen LogP contribution in [0.5, 0.6) is 0 Å². The Bertz CT molecular complexity index is 2150. The van der Waals surface area contributed by atoms with E-state index in [0.29, 0.717) is 27.9 Å². The van der Waals surface area contributed by atoms with Crippen molar-refractivity contribution in [1.29, 1.82) is 0 Å². The van der Waals surface area contributed by atoms with Crippen LogP contribution in [0, 0.1) is 5.82 Å². The maximum Gasteiger partial charge on any atom is 0.269 e. The summed E-state index contributed by atoms with van der Waals surface area (Å²) >= 11 is 0. The largest absolute Gasteiger partial charge is 0.364 e. The molecule has 3 amide bonds. The first kappa shape index (κ1) is 28.6. The molecule has 4 aromatic heterocycles. The Morgan fingerprint density at radius 1 is 0.978 bits per heavy atom. The number of carbonyl (C=O) groups excluding carboxylic acids is 3. The minimum atomic E-state index is -1.48. The fourth-order valence-corrected chi connectivity index (χ4v) is 5.67. The van der Waals surface area contributed by atoms with E-state index in [0.717, 1.165) is 16.0 Å². The summed E-state index contributed by atoms with van der Waals surface area (Å²) in [6.45, 7) is -0.744. The molecule has 2 atom stereocenters. The van der Waals surface area contributed by atoms with E-state index in [4.69, 9.17) is 5.73 Å². The number of halogens is 2. The van der Waals surface area contributed by atoms with E-state index < -0.39 is 42.3 Å². The second-order valence-electron chi connectivity index (χ2n) is 10.8. The summed E-state index contributed by atoms with van der Waals surface area (Å²) in [5.41, 5.74) is 8.35. The highest BCUT2D eigenvalue weighted by molar-refractivity contribution is 6.05. The van der Waals surface area contributed by atoms with Gasteiger partial charge >= 0.3 is 0 Å². The maximum absolute atomic E-state index is 14.9. The smallest absolute Gasteiger partial charge is 0.269 e. The predicted molar refractivity (Wildman–Crippen MR) is 161 cm³/mol. The molecule has 5 heterocycles. The molecule has 2 aromatic carbocycles. The van der Waals surface area contributed by atoms with Crippen LogP contribution in [0.2, 0.25) is 0 Å². The lowest BCUT2D eigenvalue weighted by Crippen LogP contribution is -2.44. The first-order valence-corrected chi connectivity index (χ1v) is 14.2. The molecule has 0 radical (unpaired) electrons. The number of primary amides is 1. The number of benzene rings is 2. The first-order valence-electron chi connectivity index (χ1n) is 14.2. The van der Waals surface area contributed by atoms with E-state index in [1.54, 1.807) is 59.3 Å². The van der Waals surface area contributed by atoms with Gasteiger partial charge in [-0.1, -0.05) is 12.1 Å². The van der Waals surface area contributed by atoms with Gasteiger partial charge in [-0.15, -0.1) is 10.2 Å². The number of nitrogens with zero attached hydrogens (tertiary/aromatic N) is 8. The number of pyridine rings is 1. The van der Waals surface area contributed by atoms with E-state index in [1.807, 2.05) is 0 Å². The van der Waals surface area contributed by atoms with Crippen LogP contribution in [0.15, 0.2) is 79.3 Å². The van der Waals surface area contributed by atoms with Crippen LogP contribution in [0.1, 0.15) is 16.9 Å². The van der Waals surface area contributed by atoms with Crippen molar-refractivity contribution >= 4 is 40.0 Å². The molecular formula is C31H24F2N10O3. The highest BCUT2D eigenvalue weighted by atomic mass is 19.1. The molecule has 7 rings (SSSR count). The zero-order valence-electron chi connectivity index (χ0n) is 23.9. The van der Waals surface area contributed by atoms with Crippen LogP contribution < -0.4 is 11.1 Å². The summed E-state index contributed by atoms with van der Waals surface area (Å²) in [6, 6.07) is 15.1. The summed E-state index contributed by atoms with van der Waals surface area (Å²) in [4.78, 5) is 40.3. The van der Waals surface area contributed by atoms with E-state index in [-0.39, 0.29) is 24.3 Å². The molecule has 1 aliphatic heterocycles. The SMILES string of the molecule is NC(=O)c1nn(CC(=O)N2CC(F)CC2C(=O)Nc2cc(-c3nnc4ccccn34)ccc2F)c2ccc(-c3ccnnc3)cc12. The zero-order chi connectivity index (χ0) is 31.9. The van der Waals surface area contributed by atoms with Crippen LogP contribution in [0.25, 0.3) is 39.1 Å². The highest BCUT2D eigenvalue weighted by Gasteiger charge is 2.40. The minimum absolute atomic E-state index is 0.0541. The van der Waals surface area contributed by atoms with E-state index >= 15 is 0 Å². The van der Waals surface area contributed by atoms with Crippen LogP contribution in [0.3, 0.4) is 0 Å². The Balaban J connectivity index is 1.13. The van der Waals surface area contributed by atoms with Gasteiger partial charge in [0, 0.05) is 29.1 Å². The third-order valence-electron chi connectivity index (χ3n) is 7.86. The average Bonchev–Trinajstić information content (AvgIpc) is 3.77. The first-order chi connectivity index (χ1) is 22.3. The number of nitrogens with two attached hydrogens (primary N) is 1. The van der Waals surface area contributed by atoms with Gasteiger partial charge in [0.15, 0.2) is 17.2 Å². The van der Waals surface area contributed by atoms with Gasteiger partial charge < -0.3 is 16.0 Å². The summed E-state index contributed by atoms with van der Waals surface area (Å²) in [7, 11) is 0. The monoisotopic (exact) mass is 622 g/mol. The summed E-state index contributed by atoms with van der Waals surface area (Å²) in [5.74, 6) is -2.46. The quantitative estimate of drug-likeness (QED) is 0.274. The number of alkyl halides is 1. The highest BCUT2D eigenvalue weighted by Crippen LogP contribution is 2.29. The number of fused-ring (bicyclic) bond motifs is 2. The van der Waals surface area contributed by atoms with Crippen molar-refractivity contribution in [2.75, 3.05) is 11.9 Å². The third-order valence-corrected chi connectivity index (χ3v) is 7.86. The number of anilines is 1. The molecule has 1 aliphatic rings. The summed E-state index contributed by atoms with van der Waals surface area (Å²) in [5, 5.41) is 23.1. The van der Waals surface area contributed by atoms with Crippen molar-refractivity contribution in [3.63, 3.8) is 0 Å². The average molecular weight is 623 g/mol. The number of carbonyl (C=O) groups is 3. The fourth-order valence-electron chi connectivity index (χ4n) is 5.67. The summed E-state index contributed by atoms with van der Waals surface area (Å²) in [6.07, 6.45) is 3.09. The van der Waals surface area contributed by atoms with Crippen molar-refractivity contribution < 1.29 is 23.2 Å². The molecule has 13 nitrogen and oxygen atoms in total. The van der Waals surface area contributed by atoms with Crippen LogP contribution in [-0.4, -0.2) is 76.0 Å². The van der Waals surface area contributed by atoms with Gasteiger partial charge in [0.2, 0.25) is 11.8 Å². The van der Waals surface area contributed by atoms with E-state index in [1.165, 1.54) is 29.1 Å². The second kappa shape index (κ2) is 11.4. The van der Waals surface area contributed by atoms with Gasteiger partial charge in [0.05, 0.1) is 30.1 Å². The molecule has 1 fully saturated rings. The Hall–Kier alpha value is -6.12. The predicted octanol–water partition coefficient (Wildman–Crippen LogP) is 3.02. The molecule has 6 aromatic rings. The number of amides is 3. The van der Waals surface area contributed by atoms with Gasteiger partial charge in [0.25, 0.3) is 5.91 Å². The Labute approximate surface area is 258 Å². The Kier molecular flexibility index (Phi) is 7.11. The van der Waals surface area contributed by atoms with Gasteiger partial charge in [-0.3, -0.25) is 23.5 Å². The zero-order valence-corrected chi connectivity index (χ0v) is 23.9. The Morgan fingerprint density at radius 2 is 1.83 bits per heavy atom. The summed E-state index contributed by atoms with van der Waals surface area (Å²) < 4.78 is 32.6. The minimum Gasteiger partial charge on any atom is -0.364 e. The van der Waals surface area contributed by atoms with Crippen molar-refractivity contribution in [2.24, 2.45) is 5.73 Å². The standard InChI is InChI=1S/C31H24F2N10O3/c32-20-13-25(31(46)37-23-12-18(4-6-22(23)33)30-39-38-26-3-1-2-10-41(26)30)42(15-20)27(44)16-43-24-7-5-17(19-8-9-35-36-14-19)11-21(24)28(40-43)29(34)45/h1-12,14,20,25H,13,15-16H2,(H2,34,45)(H,37,46). The lowest BCUT2D eigenvalue weighted by molar-refractivity contribution is -0.137. The second-order valence-corrected chi connectivity index (χ2v) is 10.8. The number of likely N-dealkylation sites (tertiary alicyclic amines) is 1. The maximum atomic E-state index is 14.9. The molecule has 46 heavy (non-hydrogen) atoms. The van der Waals surface area contributed by atoms with Crippen molar-refractivity contribution in [3.8, 4) is 22.5 Å². The number of hydrogen-bond acceptors (Lipinski definition) is 8. The molecule has 230 valence electrons. The van der Waals surface area contributed by atoms with Crippen LogP contribution in [0.4, 0.5) is 14.5 Å². The molecule has 3 N–H and O–H groups in total.